The highest BCUT2D eigenvalue weighted by molar-refractivity contribution is 7.89. The second kappa shape index (κ2) is 21.3. The lowest BCUT2D eigenvalue weighted by Crippen LogP contribution is -2.17. The topological polar surface area (TPSA) is 221 Å². The molecule has 392 valence electrons. The molecule has 2 aromatic heterocycles. The van der Waals surface area contributed by atoms with Crippen LogP contribution in [0.5, 0.6) is 46.5 Å². The van der Waals surface area contributed by atoms with Gasteiger partial charge in [-0.1, -0.05) is 188 Å². The molecule has 2 heterocycles. The van der Waals surface area contributed by atoms with E-state index in [1.807, 2.05) is 146 Å². The Kier molecular flexibility index (Phi) is 13.5. The SMILES string of the molecule is O=S(=O)(O)c1cccc(C(Nc2nc(Oc3cccc4ccccc34)cc(Oc3cccc4ccccc34)n2)=C(Nc2nc(Oc3cccc4ccccc34)cc(Oc3cccc4ccccc34)n2)c2ccccc2)c1S(=O)(=O)O. The number of hydrogen-bond acceptors (Lipinski definition) is 14. The van der Waals surface area contributed by atoms with Crippen LogP contribution in [0.25, 0.3) is 54.5 Å². The second-order valence-corrected chi connectivity index (χ2v) is 20.8. The number of anilines is 2. The van der Waals surface area contributed by atoms with Crippen molar-refractivity contribution < 1.29 is 44.9 Å². The van der Waals surface area contributed by atoms with Crippen LogP contribution in [-0.2, 0) is 20.2 Å². The van der Waals surface area contributed by atoms with Crippen molar-refractivity contribution in [3.8, 4) is 46.5 Å². The first-order valence-electron chi connectivity index (χ1n) is 24.7. The summed E-state index contributed by atoms with van der Waals surface area (Å²) in [6.07, 6.45) is 0. The highest BCUT2D eigenvalue weighted by Gasteiger charge is 2.31. The smallest absolute Gasteiger partial charge is 0.296 e. The van der Waals surface area contributed by atoms with Gasteiger partial charge in [-0.25, -0.2) is 0 Å². The zero-order valence-electron chi connectivity index (χ0n) is 41.7. The molecule has 0 fully saturated rings. The normalized spacial score (nSPS) is 12.0. The largest absolute Gasteiger partial charge is 0.438 e. The van der Waals surface area contributed by atoms with Crippen LogP contribution in [0, 0.1) is 0 Å². The molecule has 0 amide bonds. The Bertz CT molecular complexity index is 4420. The quantitative estimate of drug-likeness (QED) is 0.0522. The molecule has 0 aliphatic carbocycles. The molecule has 12 aromatic rings. The number of hydrogen-bond donors (Lipinski definition) is 4. The first-order chi connectivity index (χ1) is 38.9. The Balaban J connectivity index is 1.08. The van der Waals surface area contributed by atoms with E-state index >= 15 is 0 Å². The summed E-state index contributed by atoms with van der Waals surface area (Å²) in [4.78, 5) is 16.9. The lowest BCUT2D eigenvalue weighted by atomic mass is 10.0. The first-order valence-corrected chi connectivity index (χ1v) is 27.6. The third-order valence-electron chi connectivity index (χ3n) is 12.8. The monoisotopic (exact) mass is 1090 g/mol. The van der Waals surface area contributed by atoms with Crippen LogP contribution in [0.1, 0.15) is 11.1 Å². The molecule has 80 heavy (non-hydrogen) atoms. The Hall–Kier alpha value is -10.2. The van der Waals surface area contributed by atoms with Crippen molar-refractivity contribution in [3.63, 3.8) is 0 Å². The van der Waals surface area contributed by atoms with Crippen molar-refractivity contribution in [1.82, 2.24) is 19.9 Å². The van der Waals surface area contributed by atoms with E-state index in [1.165, 1.54) is 24.3 Å². The van der Waals surface area contributed by atoms with Gasteiger partial charge in [-0.15, -0.1) is 0 Å². The van der Waals surface area contributed by atoms with Gasteiger partial charge in [0.25, 0.3) is 20.2 Å². The van der Waals surface area contributed by atoms with Crippen molar-refractivity contribution in [2.45, 2.75) is 9.79 Å². The summed E-state index contributed by atoms with van der Waals surface area (Å²) in [5.41, 5.74) is -0.482. The second-order valence-electron chi connectivity index (χ2n) is 18.0. The van der Waals surface area contributed by atoms with Gasteiger partial charge in [0.2, 0.25) is 35.4 Å². The van der Waals surface area contributed by atoms with Gasteiger partial charge in [0.15, 0.2) is 0 Å². The molecule has 12 rings (SSSR count). The molecule has 0 bridgehead atoms. The predicted molar refractivity (Wildman–Crippen MR) is 307 cm³/mol. The van der Waals surface area contributed by atoms with E-state index in [0.717, 1.165) is 49.2 Å². The highest BCUT2D eigenvalue weighted by atomic mass is 32.2. The molecule has 0 saturated heterocycles. The lowest BCUT2D eigenvalue weighted by molar-refractivity contribution is 0.439. The van der Waals surface area contributed by atoms with E-state index < -0.39 is 35.6 Å². The molecule has 0 aliphatic rings. The molecular weight excluding hydrogens is 1050 g/mol. The average molecular weight is 1100 g/mol. The van der Waals surface area contributed by atoms with Gasteiger partial charge in [0.1, 0.15) is 32.8 Å². The molecule has 10 aromatic carbocycles. The Morgan fingerprint density at radius 3 is 1.04 bits per heavy atom. The zero-order chi connectivity index (χ0) is 54.8. The van der Waals surface area contributed by atoms with Crippen LogP contribution in [-0.4, -0.2) is 45.9 Å². The number of fused-ring (bicyclic) bond motifs is 4. The van der Waals surface area contributed by atoms with Crippen molar-refractivity contribution in [2.24, 2.45) is 0 Å². The summed E-state index contributed by atoms with van der Waals surface area (Å²) >= 11 is 0. The van der Waals surface area contributed by atoms with Crippen molar-refractivity contribution >= 4 is 86.6 Å². The Morgan fingerprint density at radius 2 is 0.675 bits per heavy atom. The van der Waals surface area contributed by atoms with Crippen molar-refractivity contribution in [3.05, 3.63) is 242 Å². The first kappa shape index (κ1) is 50.6. The fraction of sp³-hybridized carbons (Fsp3) is 0. The maximum Gasteiger partial charge on any atom is 0.296 e. The molecule has 18 heteroatoms. The summed E-state index contributed by atoms with van der Waals surface area (Å²) in [7, 11) is -10.9. The number of nitrogens with one attached hydrogen (secondary N) is 2. The molecule has 0 aliphatic heterocycles. The number of benzene rings is 10. The van der Waals surface area contributed by atoms with Crippen LogP contribution >= 0.6 is 0 Å². The maximum atomic E-state index is 13.7. The fourth-order valence-electron chi connectivity index (χ4n) is 9.27. The number of aromatic nitrogens is 4. The zero-order valence-corrected chi connectivity index (χ0v) is 43.3. The van der Waals surface area contributed by atoms with Crippen molar-refractivity contribution in [2.75, 3.05) is 10.6 Å². The van der Waals surface area contributed by atoms with Gasteiger partial charge < -0.3 is 29.6 Å². The van der Waals surface area contributed by atoms with Gasteiger partial charge in [-0.2, -0.15) is 36.8 Å². The Morgan fingerprint density at radius 1 is 0.350 bits per heavy atom. The number of ether oxygens (including phenoxy) is 4. The molecule has 0 unspecified atom stereocenters. The van der Waals surface area contributed by atoms with Crippen LogP contribution in [0.3, 0.4) is 0 Å². The van der Waals surface area contributed by atoms with Gasteiger partial charge in [-0.05, 0) is 51.9 Å². The van der Waals surface area contributed by atoms with E-state index in [-0.39, 0.29) is 46.8 Å². The molecule has 4 N–H and O–H groups in total. The van der Waals surface area contributed by atoms with Crippen LogP contribution in [0.2, 0.25) is 0 Å². The standard InChI is InChI=1S/C62H42N6O10S2/c69-79(70,71)53-36-16-31-48(60(53)80(72,73)74)59(68-62-65-56(77-51-34-14-25-41-19-6-10-29-46(41)51)38-57(66-62)78-52-35-15-26-42-20-7-11-30-47(42)52)58(43-21-2-1-3-22-43)67-61-63-54(75-49-32-12-23-39-17-4-8-27-44(39)49)37-55(64-61)76-50-33-13-24-40-18-5-9-28-45(40)50/h1-38H,(H,63,64,67)(H,65,66,68)(H,69,70,71)(H,72,73,74). The highest BCUT2D eigenvalue weighted by Crippen LogP contribution is 2.40. The van der Waals surface area contributed by atoms with E-state index in [0.29, 0.717) is 28.6 Å². The summed E-state index contributed by atoms with van der Waals surface area (Å²) in [5, 5.41) is 13.0. The van der Waals surface area contributed by atoms with Crippen LogP contribution in [0.15, 0.2) is 240 Å². The van der Waals surface area contributed by atoms with E-state index in [4.69, 9.17) is 38.9 Å². The predicted octanol–water partition coefficient (Wildman–Crippen LogP) is 14.6. The van der Waals surface area contributed by atoms with E-state index in [9.17, 15) is 25.9 Å². The fourth-order valence-corrected chi connectivity index (χ4v) is 11.3. The number of nitrogens with zero attached hydrogens (tertiary/aromatic N) is 4. The summed E-state index contributed by atoms with van der Waals surface area (Å²) < 4.78 is 102. The van der Waals surface area contributed by atoms with E-state index in [2.05, 4.69) is 10.6 Å². The lowest BCUT2D eigenvalue weighted by Gasteiger charge is -2.21. The summed E-state index contributed by atoms with van der Waals surface area (Å²) in [5.74, 6) is 1.24. The Labute approximate surface area is 457 Å². The summed E-state index contributed by atoms with van der Waals surface area (Å²) in [6, 6.07) is 67.4. The summed E-state index contributed by atoms with van der Waals surface area (Å²) in [6.45, 7) is 0. The third kappa shape index (κ3) is 10.7. The van der Waals surface area contributed by atoms with Crippen molar-refractivity contribution in [1.29, 1.82) is 0 Å². The van der Waals surface area contributed by atoms with Crippen LogP contribution < -0.4 is 29.6 Å². The molecule has 0 saturated carbocycles. The minimum absolute atomic E-state index is 0.0138. The van der Waals surface area contributed by atoms with Gasteiger partial charge >= 0.3 is 0 Å². The van der Waals surface area contributed by atoms with Gasteiger partial charge in [0.05, 0.1) is 23.5 Å². The molecular formula is C62H42N6O10S2. The average Bonchev–Trinajstić information content (AvgIpc) is 3.53. The van der Waals surface area contributed by atoms with Gasteiger partial charge in [0, 0.05) is 32.7 Å². The molecule has 16 nitrogen and oxygen atoms in total. The molecule has 0 spiro atoms. The minimum Gasteiger partial charge on any atom is -0.438 e. The van der Waals surface area contributed by atoms with Gasteiger partial charge in [-0.3, -0.25) is 9.11 Å². The minimum atomic E-state index is -5.53. The van der Waals surface area contributed by atoms with E-state index in [1.54, 1.807) is 54.6 Å². The van der Waals surface area contributed by atoms with Crippen LogP contribution in [0.4, 0.5) is 11.9 Å². The molecule has 0 atom stereocenters. The third-order valence-corrected chi connectivity index (χ3v) is 14.8. The number of rotatable bonds is 16. The maximum absolute atomic E-state index is 13.7. The molecule has 0 radical (unpaired) electrons.